The maximum atomic E-state index is 12.2. The van der Waals surface area contributed by atoms with E-state index < -0.39 is 5.91 Å². The minimum absolute atomic E-state index is 0.0172. The molecule has 24 heavy (non-hydrogen) atoms. The molecule has 0 fully saturated rings. The summed E-state index contributed by atoms with van der Waals surface area (Å²) in [4.78, 5) is 12.2. The number of para-hydroxylation sites is 1. The molecule has 0 aromatic heterocycles. The van der Waals surface area contributed by atoms with Crippen LogP contribution in [0.2, 0.25) is 0 Å². The maximum Gasteiger partial charge on any atom is 0.266 e. The highest BCUT2D eigenvalue weighted by Gasteiger charge is 2.10. The first-order chi connectivity index (χ1) is 11.6. The summed E-state index contributed by atoms with van der Waals surface area (Å²) in [6, 6.07) is 17.8. The van der Waals surface area contributed by atoms with Crippen LogP contribution >= 0.6 is 15.9 Å². The number of hydrogen-bond donors (Lipinski definition) is 1. The van der Waals surface area contributed by atoms with Crippen LogP contribution in [-0.2, 0) is 4.79 Å². The van der Waals surface area contributed by atoms with Crippen LogP contribution in [0.3, 0.4) is 0 Å². The van der Waals surface area contributed by atoms with Gasteiger partial charge in [-0.1, -0.05) is 24.3 Å². The van der Waals surface area contributed by atoms with Crippen LogP contribution in [0.5, 0.6) is 5.75 Å². The highest BCUT2D eigenvalue weighted by atomic mass is 79.9. The van der Waals surface area contributed by atoms with E-state index in [9.17, 15) is 10.1 Å². The van der Waals surface area contributed by atoms with Crippen molar-refractivity contribution in [3.8, 4) is 17.9 Å². The molecule has 0 atom stereocenters. The predicted molar refractivity (Wildman–Crippen MR) is 93.9 cm³/mol. The van der Waals surface area contributed by atoms with Crippen molar-refractivity contribution in [3.63, 3.8) is 0 Å². The average Bonchev–Trinajstić information content (AvgIpc) is 2.59. The number of hydrogen-bond acceptors (Lipinski definition) is 4. The van der Waals surface area contributed by atoms with Crippen LogP contribution in [0.25, 0.3) is 6.08 Å². The second-order valence-corrected chi connectivity index (χ2v) is 5.48. The van der Waals surface area contributed by atoms with Crippen LogP contribution in [-0.4, -0.2) is 12.5 Å². The largest absolute Gasteiger partial charge is 0.478 e. The predicted octanol–water partition coefficient (Wildman–Crippen LogP) is 3.90. The van der Waals surface area contributed by atoms with Gasteiger partial charge in [-0.05, 0) is 51.8 Å². The van der Waals surface area contributed by atoms with Gasteiger partial charge in [0.1, 0.15) is 23.5 Å². The number of benzene rings is 2. The number of ether oxygens (including phenoxy) is 1. The van der Waals surface area contributed by atoms with Crippen LogP contribution in [0.4, 0.5) is 5.69 Å². The topological polar surface area (TPSA) is 85.9 Å². The molecule has 2 aromatic carbocycles. The van der Waals surface area contributed by atoms with Crippen molar-refractivity contribution in [1.82, 2.24) is 0 Å². The van der Waals surface area contributed by atoms with Gasteiger partial charge in [-0.25, -0.2) is 0 Å². The summed E-state index contributed by atoms with van der Waals surface area (Å²) in [6.07, 6.45) is 1.48. The molecule has 1 N–H and O–H groups in total. The summed E-state index contributed by atoms with van der Waals surface area (Å²) in [5.74, 6) is 0.0329. The van der Waals surface area contributed by atoms with Gasteiger partial charge in [0.15, 0.2) is 6.61 Å². The van der Waals surface area contributed by atoms with Crippen LogP contribution in [0.15, 0.2) is 58.6 Å². The lowest BCUT2D eigenvalue weighted by molar-refractivity contribution is -0.112. The summed E-state index contributed by atoms with van der Waals surface area (Å²) in [7, 11) is 0. The first kappa shape index (κ1) is 17.3. The van der Waals surface area contributed by atoms with E-state index in [0.717, 1.165) is 0 Å². The quantitative estimate of drug-likeness (QED) is 0.628. The third-order valence-electron chi connectivity index (χ3n) is 2.96. The molecule has 1 amide bonds. The fraction of sp³-hybridized carbons (Fsp3) is 0.0556. The summed E-state index contributed by atoms with van der Waals surface area (Å²) >= 11 is 3.33. The maximum absolute atomic E-state index is 12.2. The first-order valence-corrected chi connectivity index (χ1v) is 7.71. The fourth-order valence-electron chi connectivity index (χ4n) is 1.87. The van der Waals surface area contributed by atoms with Gasteiger partial charge < -0.3 is 10.1 Å². The third kappa shape index (κ3) is 4.70. The van der Waals surface area contributed by atoms with Crippen molar-refractivity contribution in [2.75, 3.05) is 11.9 Å². The van der Waals surface area contributed by atoms with Gasteiger partial charge >= 0.3 is 0 Å². The molecular formula is C18H12BrN3O2. The number of rotatable bonds is 5. The molecule has 0 saturated carbocycles. The van der Waals surface area contributed by atoms with E-state index in [1.165, 1.54) is 6.08 Å². The molecule has 5 nitrogen and oxygen atoms in total. The molecule has 0 saturated heterocycles. The van der Waals surface area contributed by atoms with Crippen LogP contribution in [0.1, 0.15) is 5.56 Å². The van der Waals surface area contributed by atoms with Crippen molar-refractivity contribution in [2.45, 2.75) is 0 Å². The molecular weight excluding hydrogens is 370 g/mol. The van der Waals surface area contributed by atoms with E-state index in [1.807, 2.05) is 18.2 Å². The number of anilines is 1. The molecule has 0 heterocycles. The molecule has 0 radical (unpaired) electrons. The molecule has 0 aliphatic heterocycles. The molecule has 0 spiro atoms. The Bertz CT molecular complexity index is 849. The van der Waals surface area contributed by atoms with Gasteiger partial charge in [0, 0.05) is 5.69 Å². The van der Waals surface area contributed by atoms with Crippen molar-refractivity contribution in [1.29, 1.82) is 10.5 Å². The zero-order valence-corrected chi connectivity index (χ0v) is 14.1. The van der Waals surface area contributed by atoms with Crippen molar-refractivity contribution >= 4 is 33.6 Å². The lowest BCUT2D eigenvalue weighted by atomic mass is 10.1. The highest BCUT2D eigenvalue weighted by molar-refractivity contribution is 9.10. The Balaban J connectivity index is 2.18. The molecule has 2 aromatic rings. The smallest absolute Gasteiger partial charge is 0.266 e. The third-order valence-corrected chi connectivity index (χ3v) is 3.58. The summed E-state index contributed by atoms with van der Waals surface area (Å²) in [5.41, 5.74) is 1.26. The van der Waals surface area contributed by atoms with Crippen LogP contribution in [0, 0.1) is 22.7 Å². The standard InChI is InChI=1S/C18H12BrN3O2/c19-16-11-13(6-7-17(16)24-9-8-20)10-14(12-21)18(23)22-15-4-2-1-3-5-15/h1-7,10-11H,9H2,(H,22,23)/b14-10-. The lowest BCUT2D eigenvalue weighted by Crippen LogP contribution is -2.13. The first-order valence-electron chi connectivity index (χ1n) is 6.91. The Hall–Kier alpha value is -3.09. The Morgan fingerprint density at radius 1 is 1.21 bits per heavy atom. The SMILES string of the molecule is N#CCOc1ccc(/C=C(/C#N)C(=O)Nc2ccccc2)cc1Br. The molecule has 0 aliphatic carbocycles. The van der Waals surface area contributed by atoms with E-state index >= 15 is 0 Å². The van der Waals surface area contributed by atoms with Gasteiger partial charge in [0.2, 0.25) is 0 Å². The van der Waals surface area contributed by atoms with E-state index in [0.29, 0.717) is 21.5 Å². The van der Waals surface area contributed by atoms with Crippen molar-refractivity contribution < 1.29 is 9.53 Å². The zero-order valence-electron chi connectivity index (χ0n) is 12.5. The van der Waals surface area contributed by atoms with E-state index in [4.69, 9.17) is 10.00 Å². The number of carbonyl (C=O) groups is 1. The Morgan fingerprint density at radius 3 is 2.58 bits per heavy atom. The second kappa shape index (κ2) is 8.52. The van der Waals surface area contributed by atoms with Gasteiger partial charge in [0.25, 0.3) is 5.91 Å². The van der Waals surface area contributed by atoms with E-state index in [-0.39, 0.29) is 12.2 Å². The van der Waals surface area contributed by atoms with Crippen molar-refractivity contribution in [2.24, 2.45) is 0 Å². The van der Waals surface area contributed by atoms with Gasteiger partial charge in [-0.3, -0.25) is 4.79 Å². The van der Waals surface area contributed by atoms with Gasteiger partial charge in [-0.15, -0.1) is 0 Å². The van der Waals surface area contributed by atoms with Gasteiger partial charge in [0.05, 0.1) is 4.47 Å². The fourth-order valence-corrected chi connectivity index (χ4v) is 2.38. The van der Waals surface area contributed by atoms with E-state index in [2.05, 4.69) is 21.2 Å². The van der Waals surface area contributed by atoms with Crippen molar-refractivity contribution in [3.05, 3.63) is 64.1 Å². The monoisotopic (exact) mass is 381 g/mol. The summed E-state index contributed by atoms with van der Waals surface area (Å²) in [5, 5.41) is 20.4. The highest BCUT2D eigenvalue weighted by Crippen LogP contribution is 2.27. The normalized spacial score (nSPS) is 10.4. The Morgan fingerprint density at radius 2 is 1.96 bits per heavy atom. The summed E-state index contributed by atoms with van der Waals surface area (Å²) in [6.45, 7) is -0.0588. The minimum atomic E-state index is -0.482. The molecule has 6 heteroatoms. The van der Waals surface area contributed by atoms with Gasteiger partial charge in [-0.2, -0.15) is 10.5 Å². The van der Waals surface area contributed by atoms with E-state index in [1.54, 1.807) is 42.5 Å². The number of amides is 1. The number of nitrogens with zero attached hydrogens (tertiary/aromatic N) is 2. The number of nitriles is 2. The average molecular weight is 382 g/mol. The molecule has 0 bridgehead atoms. The van der Waals surface area contributed by atoms with Crippen LogP contribution < -0.4 is 10.1 Å². The summed E-state index contributed by atoms with van der Waals surface area (Å²) < 4.78 is 5.86. The molecule has 0 unspecified atom stereocenters. The zero-order chi connectivity index (χ0) is 17.4. The Labute approximate surface area is 147 Å². The lowest BCUT2D eigenvalue weighted by Gasteiger charge is -2.06. The Kier molecular flexibility index (Phi) is 6.13. The molecule has 0 aliphatic rings. The molecule has 2 rings (SSSR count). The minimum Gasteiger partial charge on any atom is -0.478 e. The number of carbonyl (C=O) groups excluding carboxylic acids is 1. The molecule has 118 valence electrons. The number of halogens is 1. The second-order valence-electron chi connectivity index (χ2n) is 4.63. The number of nitrogens with one attached hydrogen (secondary N) is 1.